The van der Waals surface area contributed by atoms with Crippen LogP contribution >= 0.6 is 0 Å². The van der Waals surface area contributed by atoms with E-state index in [0.717, 1.165) is 11.5 Å². The second kappa shape index (κ2) is 8.61. The van der Waals surface area contributed by atoms with Crippen molar-refractivity contribution in [2.45, 2.75) is 24.7 Å². The summed E-state index contributed by atoms with van der Waals surface area (Å²) in [5.74, 6) is 1.89. The molecule has 0 N–H and O–H groups in total. The van der Waals surface area contributed by atoms with Gasteiger partial charge in [-0.15, -0.1) is 0 Å². The molecule has 0 amide bonds. The van der Waals surface area contributed by atoms with Crippen LogP contribution in [0.15, 0.2) is 146 Å². The Morgan fingerprint density at radius 3 is 1.80 bits per heavy atom. The Morgan fingerprint density at radius 2 is 1.02 bits per heavy atom. The summed E-state index contributed by atoms with van der Waals surface area (Å²) in [6, 6.07) is 54.0. The third-order valence-corrected chi connectivity index (χ3v) is 10.7. The van der Waals surface area contributed by atoms with Gasteiger partial charge in [-0.2, -0.15) is 0 Å². The lowest BCUT2D eigenvalue weighted by Crippen LogP contribution is -2.26. The van der Waals surface area contributed by atoms with E-state index in [0.29, 0.717) is 0 Å². The van der Waals surface area contributed by atoms with Crippen LogP contribution in [0.1, 0.15) is 47.2 Å². The molecule has 212 valence electrons. The average molecular weight is 575 g/mol. The highest BCUT2D eigenvalue weighted by atomic mass is 16.5. The SMILES string of the molecule is CC1(C)c2ccccc2Oc2ccc(-c3ccc4c(c3)C3(c5ccccc5-c5ccccc53)c3ccc5ccccc5c3-4)cc21. The Balaban J connectivity index is 1.26. The van der Waals surface area contributed by atoms with Crippen LogP contribution in [-0.4, -0.2) is 0 Å². The molecule has 3 aliphatic rings. The van der Waals surface area contributed by atoms with Crippen molar-refractivity contribution < 1.29 is 4.74 Å². The maximum Gasteiger partial charge on any atom is 0.131 e. The Bertz CT molecular complexity index is 2340. The van der Waals surface area contributed by atoms with Crippen molar-refractivity contribution in [2.75, 3.05) is 0 Å². The lowest BCUT2D eigenvalue weighted by Gasteiger charge is -2.35. The van der Waals surface area contributed by atoms with Crippen LogP contribution < -0.4 is 4.74 Å². The lowest BCUT2D eigenvalue weighted by atomic mass is 9.70. The number of benzene rings is 7. The van der Waals surface area contributed by atoms with Crippen LogP contribution in [0.25, 0.3) is 44.2 Å². The molecule has 0 unspecified atom stereocenters. The zero-order chi connectivity index (χ0) is 29.9. The molecule has 1 nitrogen and oxygen atoms in total. The second-order valence-electron chi connectivity index (χ2n) is 13.2. The largest absolute Gasteiger partial charge is 0.457 e. The molecule has 0 saturated carbocycles. The van der Waals surface area contributed by atoms with Crippen LogP contribution in [0.3, 0.4) is 0 Å². The fourth-order valence-corrected chi connectivity index (χ4v) is 8.71. The standard InChI is InChI=1S/C44H30O/c1-43(2)36-17-9-10-18-40(36)45-41-24-21-29(26-39(41)43)28-19-22-33-38(25-28)44(37-23-20-27-11-3-4-12-30(27)42(33)37)34-15-7-5-13-31(34)32-14-6-8-16-35(32)44/h3-26H,1-2H3. The van der Waals surface area contributed by atoms with Crippen LogP contribution in [0, 0.1) is 0 Å². The minimum atomic E-state index is -0.382. The van der Waals surface area contributed by atoms with Gasteiger partial charge in [0.25, 0.3) is 0 Å². The van der Waals surface area contributed by atoms with E-state index in [1.54, 1.807) is 0 Å². The van der Waals surface area contributed by atoms with Gasteiger partial charge in [0.1, 0.15) is 11.5 Å². The van der Waals surface area contributed by atoms with Gasteiger partial charge in [0, 0.05) is 16.5 Å². The highest BCUT2D eigenvalue weighted by Gasteiger charge is 2.52. The van der Waals surface area contributed by atoms with E-state index in [1.807, 2.05) is 0 Å². The fraction of sp³-hybridized carbons (Fsp3) is 0.0909. The van der Waals surface area contributed by atoms with Gasteiger partial charge >= 0.3 is 0 Å². The molecule has 0 aromatic heterocycles. The van der Waals surface area contributed by atoms with Gasteiger partial charge in [0.2, 0.25) is 0 Å². The Morgan fingerprint density at radius 1 is 0.422 bits per heavy atom. The van der Waals surface area contributed by atoms with Crippen molar-refractivity contribution in [2.24, 2.45) is 0 Å². The summed E-state index contributed by atoms with van der Waals surface area (Å²) in [7, 11) is 0. The highest BCUT2D eigenvalue weighted by Crippen LogP contribution is 2.64. The number of para-hydroxylation sites is 1. The Hall–Kier alpha value is -5.40. The zero-order valence-electron chi connectivity index (χ0n) is 25.3. The van der Waals surface area contributed by atoms with Crippen molar-refractivity contribution in [1.82, 2.24) is 0 Å². The van der Waals surface area contributed by atoms with Crippen molar-refractivity contribution in [3.8, 4) is 44.9 Å². The number of rotatable bonds is 1. The molecule has 0 saturated heterocycles. The Kier molecular flexibility index (Phi) is 4.78. The topological polar surface area (TPSA) is 9.23 Å². The van der Waals surface area contributed by atoms with E-state index in [9.17, 15) is 0 Å². The normalized spacial score (nSPS) is 15.4. The van der Waals surface area contributed by atoms with E-state index >= 15 is 0 Å². The van der Waals surface area contributed by atoms with Crippen molar-refractivity contribution in [3.63, 3.8) is 0 Å². The molecular weight excluding hydrogens is 544 g/mol. The van der Waals surface area contributed by atoms with Gasteiger partial charge in [0.15, 0.2) is 0 Å². The molecule has 0 fully saturated rings. The van der Waals surface area contributed by atoms with E-state index < -0.39 is 0 Å². The van der Waals surface area contributed by atoms with Gasteiger partial charge in [-0.05, 0) is 90.7 Å². The van der Waals surface area contributed by atoms with E-state index in [4.69, 9.17) is 4.74 Å². The quantitative estimate of drug-likeness (QED) is 0.189. The van der Waals surface area contributed by atoms with Crippen LogP contribution in [0.4, 0.5) is 0 Å². The summed E-state index contributed by atoms with van der Waals surface area (Å²) >= 11 is 0. The molecule has 2 aliphatic carbocycles. The maximum absolute atomic E-state index is 6.42. The minimum absolute atomic E-state index is 0.170. The fourth-order valence-electron chi connectivity index (χ4n) is 8.71. The van der Waals surface area contributed by atoms with Gasteiger partial charge in [-0.25, -0.2) is 0 Å². The van der Waals surface area contributed by atoms with Crippen molar-refractivity contribution in [3.05, 3.63) is 179 Å². The van der Waals surface area contributed by atoms with Crippen molar-refractivity contribution in [1.29, 1.82) is 0 Å². The molecule has 1 heterocycles. The van der Waals surface area contributed by atoms with Crippen LogP contribution in [-0.2, 0) is 10.8 Å². The summed E-state index contributed by atoms with van der Waals surface area (Å²) in [4.78, 5) is 0. The van der Waals surface area contributed by atoms with Gasteiger partial charge < -0.3 is 4.74 Å². The molecule has 1 heteroatoms. The smallest absolute Gasteiger partial charge is 0.131 e. The molecule has 0 bridgehead atoms. The van der Waals surface area contributed by atoms with E-state index in [2.05, 4.69) is 159 Å². The minimum Gasteiger partial charge on any atom is -0.457 e. The van der Waals surface area contributed by atoms with Crippen LogP contribution in [0.5, 0.6) is 11.5 Å². The number of hydrogen-bond acceptors (Lipinski definition) is 1. The first-order valence-electron chi connectivity index (χ1n) is 15.9. The lowest BCUT2D eigenvalue weighted by molar-refractivity contribution is 0.418. The summed E-state index contributed by atoms with van der Waals surface area (Å²) in [6.07, 6.45) is 0. The molecule has 1 aliphatic heterocycles. The van der Waals surface area contributed by atoms with E-state index in [-0.39, 0.29) is 10.8 Å². The maximum atomic E-state index is 6.42. The summed E-state index contributed by atoms with van der Waals surface area (Å²) in [5.41, 5.74) is 15.2. The van der Waals surface area contributed by atoms with Gasteiger partial charge in [-0.3, -0.25) is 0 Å². The molecule has 7 aromatic carbocycles. The summed E-state index contributed by atoms with van der Waals surface area (Å²) in [5, 5.41) is 2.59. The number of ether oxygens (including phenoxy) is 1. The second-order valence-corrected chi connectivity index (χ2v) is 13.2. The predicted molar refractivity (Wildman–Crippen MR) is 184 cm³/mol. The first-order chi connectivity index (χ1) is 22.1. The third-order valence-electron chi connectivity index (χ3n) is 10.7. The Labute approximate surface area is 263 Å². The molecule has 45 heavy (non-hydrogen) atoms. The third kappa shape index (κ3) is 3.08. The number of fused-ring (bicyclic) bond motifs is 14. The number of hydrogen-bond donors (Lipinski definition) is 0. The molecule has 0 radical (unpaired) electrons. The highest BCUT2D eigenvalue weighted by molar-refractivity contribution is 6.06. The monoisotopic (exact) mass is 574 g/mol. The zero-order valence-corrected chi connectivity index (χ0v) is 25.3. The molecule has 7 aromatic rings. The average Bonchev–Trinajstić information content (AvgIpc) is 3.55. The first kappa shape index (κ1) is 25.0. The van der Waals surface area contributed by atoms with E-state index in [1.165, 1.54) is 77.5 Å². The molecular formula is C44H30O. The van der Waals surface area contributed by atoms with Gasteiger partial charge in [-0.1, -0.05) is 135 Å². The molecule has 0 atom stereocenters. The van der Waals surface area contributed by atoms with Crippen molar-refractivity contribution >= 4 is 10.8 Å². The van der Waals surface area contributed by atoms with Crippen LogP contribution in [0.2, 0.25) is 0 Å². The summed E-state index contributed by atoms with van der Waals surface area (Å²) in [6.45, 7) is 4.62. The summed E-state index contributed by atoms with van der Waals surface area (Å²) < 4.78 is 6.42. The molecule has 10 rings (SSSR count). The predicted octanol–water partition coefficient (Wildman–Crippen LogP) is 11.3. The molecule has 1 spiro atoms. The first-order valence-corrected chi connectivity index (χ1v) is 15.9. The van der Waals surface area contributed by atoms with Gasteiger partial charge in [0.05, 0.1) is 5.41 Å².